The van der Waals surface area contributed by atoms with E-state index in [1.54, 1.807) is 13.8 Å². The summed E-state index contributed by atoms with van der Waals surface area (Å²) in [4.78, 5) is 31.8. The minimum absolute atomic E-state index is 0.273. The zero-order valence-corrected chi connectivity index (χ0v) is 18.5. The maximum atomic E-state index is 11.5. The van der Waals surface area contributed by atoms with E-state index in [-0.39, 0.29) is 12.2 Å². The number of ether oxygens (including phenoxy) is 2. The molecule has 0 amide bonds. The van der Waals surface area contributed by atoms with Crippen LogP contribution in [0.1, 0.15) is 118 Å². The maximum absolute atomic E-state index is 11.5. The van der Waals surface area contributed by atoms with Crippen LogP contribution in [0.5, 0.6) is 0 Å². The van der Waals surface area contributed by atoms with Gasteiger partial charge in [-0.15, -0.1) is 0 Å². The number of unbranched alkanes of at least 4 members (excludes halogenated alkanes) is 10. The molecule has 0 radical (unpaired) electrons. The van der Waals surface area contributed by atoms with Crippen molar-refractivity contribution in [3.8, 4) is 0 Å². The Morgan fingerprint density at radius 2 is 0.893 bits per heavy atom. The van der Waals surface area contributed by atoms with Crippen LogP contribution in [0.4, 0.5) is 9.59 Å². The van der Waals surface area contributed by atoms with Crippen LogP contribution in [0.3, 0.4) is 0 Å². The Morgan fingerprint density at radius 1 is 0.571 bits per heavy atom. The summed E-state index contributed by atoms with van der Waals surface area (Å²) in [6.45, 7) is 7.98. The first-order valence-electron chi connectivity index (χ1n) is 11.2. The fourth-order valence-electron chi connectivity index (χ4n) is 2.98. The Bertz CT molecular complexity index is 349. The molecule has 0 bridgehead atoms. The molecule has 0 rings (SSSR count). The maximum Gasteiger partial charge on any atom is 0.550 e. The van der Waals surface area contributed by atoms with Crippen molar-refractivity contribution in [2.75, 3.05) is 0 Å². The Labute approximate surface area is 171 Å². The third-order valence-electron chi connectivity index (χ3n) is 4.70. The Hall–Kier alpha value is -1.46. The fourth-order valence-corrected chi connectivity index (χ4v) is 2.98. The molecule has 166 valence electrons. The largest absolute Gasteiger partial charge is 0.550 e. The third-order valence-corrected chi connectivity index (χ3v) is 4.70. The lowest BCUT2D eigenvalue weighted by Crippen LogP contribution is -2.21. The predicted molar refractivity (Wildman–Crippen MR) is 110 cm³/mol. The normalized spacial score (nSPS) is 12.9. The van der Waals surface area contributed by atoms with E-state index in [0.717, 1.165) is 38.5 Å². The molecule has 6 nitrogen and oxygen atoms in total. The zero-order chi connectivity index (χ0) is 21.0. The molecule has 0 fully saturated rings. The lowest BCUT2D eigenvalue weighted by Gasteiger charge is -2.13. The van der Waals surface area contributed by atoms with Crippen LogP contribution >= 0.6 is 0 Å². The Kier molecular flexibility index (Phi) is 17.9. The standard InChI is InChI=1S/C22H42O6/c1-5-7-9-11-13-15-17-19(3)25-21(23)27-28-22(24)26-20(4)18-16-14-12-10-8-6-2/h19-20H,5-18H2,1-4H3. The minimum Gasteiger partial charge on any atom is -0.429 e. The Balaban J connectivity index is 3.66. The van der Waals surface area contributed by atoms with Gasteiger partial charge >= 0.3 is 12.3 Å². The van der Waals surface area contributed by atoms with Gasteiger partial charge in [-0.25, -0.2) is 0 Å². The molecule has 2 unspecified atom stereocenters. The van der Waals surface area contributed by atoms with Crippen molar-refractivity contribution < 1.29 is 28.8 Å². The Morgan fingerprint density at radius 3 is 1.25 bits per heavy atom. The summed E-state index contributed by atoms with van der Waals surface area (Å²) in [7, 11) is 0. The van der Waals surface area contributed by atoms with Crippen molar-refractivity contribution >= 4 is 12.3 Å². The van der Waals surface area contributed by atoms with E-state index in [9.17, 15) is 9.59 Å². The second-order valence-electron chi connectivity index (χ2n) is 7.64. The summed E-state index contributed by atoms with van der Waals surface area (Å²) in [5, 5.41) is 0. The molecular formula is C22H42O6. The lowest BCUT2D eigenvalue weighted by molar-refractivity contribution is -0.224. The topological polar surface area (TPSA) is 71.1 Å². The molecule has 0 saturated carbocycles. The van der Waals surface area contributed by atoms with E-state index >= 15 is 0 Å². The lowest BCUT2D eigenvalue weighted by atomic mass is 10.1. The van der Waals surface area contributed by atoms with E-state index in [2.05, 4.69) is 23.6 Å². The summed E-state index contributed by atoms with van der Waals surface area (Å²) in [5.41, 5.74) is 0. The van der Waals surface area contributed by atoms with Gasteiger partial charge in [0.05, 0.1) is 0 Å². The van der Waals surface area contributed by atoms with Crippen LogP contribution in [-0.2, 0) is 19.2 Å². The second-order valence-corrected chi connectivity index (χ2v) is 7.64. The SMILES string of the molecule is CCCCCCCCC(C)OC(=O)OOC(=O)OC(C)CCCCCCCC. The van der Waals surface area contributed by atoms with Crippen LogP contribution in [0.25, 0.3) is 0 Å². The number of carbonyl (C=O) groups excluding carboxylic acids is 2. The highest BCUT2D eigenvalue weighted by molar-refractivity contribution is 5.63. The second kappa shape index (κ2) is 18.9. The molecule has 0 aliphatic carbocycles. The van der Waals surface area contributed by atoms with Crippen LogP contribution in [0, 0.1) is 0 Å². The zero-order valence-electron chi connectivity index (χ0n) is 18.5. The number of hydrogen-bond acceptors (Lipinski definition) is 6. The van der Waals surface area contributed by atoms with Gasteiger partial charge in [-0.1, -0.05) is 78.1 Å². The smallest absolute Gasteiger partial charge is 0.429 e. The van der Waals surface area contributed by atoms with E-state index in [1.165, 1.54) is 51.4 Å². The summed E-state index contributed by atoms with van der Waals surface area (Å²) in [6, 6.07) is 0. The summed E-state index contributed by atoms with van der Waals surface area (Å²) >= 11 is 0. The van der Waals surface area contributed by atoms with Gasteiger partial charge in [-0.2, -0.15) is 19.4 Å². The van der Waals surface area contributed by atoms with Gasteiger partial charge in [0.1, 0.15) is 12.2 Å². The quantitative estimate of drug-likeness (QED) is 0.115. The molecule has 2 atom stereocenters. The summed E-state index contributed by atoms with van der Waals surface area (Å²) in [5.74, 6) is 0. The van der Waals surface area contributed by atoms with E-state index < -0.39 is 12.3 Å². The molecule has 0 aliphatic rings. The van der Waals surface area contributed by atoms with Crippen LogP contribution in [0.15, 0.2) is 0 Å². The predicted octanol–water partition coefficient (Wildman–Crippen LogP) is 7.49. The molecule has 0 saturated heterocycles. The first-order chi connectivity index (χ1) is 13.5. The highest BCUT2D eigenvalue weighted by atomic mass is 17.3. The molecule has 0 spiro atoms. The van der Waals surface area contributed by atoms with Crippen LogP contribution in [-0.4, -0.2) is 24.5 Å². The molecule has 0 aromatic carbocycles. The monoisotopic (exact) mass is 402 g/mol. The van der Waals surface area contributed by atoms with Crippen LogP contribution < -0.4 is 0 Å². The van der Waals surface area contributed by atoms with E-state index in [1.807, 2.05) is 0 Å². The third kappa shape index (κ3) is 17.9. The molecule has 6 heteroatoms. The van der Waals surface area contributed by atoms with E-state index in [0.29, 0.717) is 0 Å². The molecule has 28 heavy (non-hydrogen) atoms. The molecule has 0 heterocycles. The van der Waals surface area contributed by atoms with Crippen molar-refractivity contribution in [1.29, 1.82) is 0 Å². The highest BCUT2D eigenvalue weighted by Crippen LogP contribution is 2.12. The average Bonchev–Trinajstić information content (AvgIpc) is 2.65. The van der Waals surface area contributed by atoms with Gasteiger partial charge in [0.25, 0.3) is 0 Å². The fraction of sp³-hybridized carbons (Fsp3) is 0.909. The molecular weight excluding hydrogens is 360 g/mol. The first kappa shape index (κ1) is 26.5. The van der Waals surface area contributed by atoms with Crippen molar-refractivity contribution in [1.82, 2.24) is 0 Å². The van der Waals surface area contributed by atoms with Gasteiger partial charge in [0, 0.05) is 0 Å². The average molecular weight is 403 g/mol. The van der Waals surface area contributed by atoms with Gasteiger partial charge in [0.15, 0.2) is 0 Å². The van der Waals surface area contributed by atoms with Crippen LogP contribution in [0.2, 0.25) is 0 Å². The summed E-state index contributed by atoms with van der Waals surface area (Å²) in [6.07, 6.45) is 13.1. The van der Waals surface area contributed by atoms with Gasteiger partial charge in [-0.05, 0) is 39.5 Å². The molecule has 0 N–H and O–H groups in total. The van der Waals surface area contributed by atoms with Crippen molar-refractivity contribution in [3.63, 3.8) is 0 Å². The van der Waals surface area contributed by atoms with Gasteiger partial charge in [0.2, 0.25) is 0 Å². The highest BCUT2D eigenvalue weighted by Gasteiger charge is 2.17. The van der Waals surface area contributed by atoms with Crippen molar-refractivity contribution in [2.24, 2.45) is 0 Å². The molecule has 0 aliphatic heterocycles. The van der Waals surface area contributed by atoms with Crippen molar-refractivity contribution in [2.45, 2.75) is 130 Å². The van der Waals surface area contributed by atoms with Crippen molar-refractivity contribution in [3.05, 3.63) is 0 Å². The number of hydrogen-bond donors (Lipinski definition) is 0. The van der Waals surface area contributed by atoms with Gasteiger partial charge in [-0.3, -0.25) is 0 Å². The summed E-state index contributed by atoms with van der Waals surface area (Å²) < 4.78 is 10.1. The first-order valence-corrected chi connectivity index (χ1v) is 11.2. The number of rotatable bonds is 16. The molecule has 0 aromatic heterocycles. The van der Waals surface area contributed by atoms with E-state index in [4.69, 9.17) is 9.47 Å². The van der Waals surface area contributed by atoms with Gasteiger partial charge < -0.3 is 9.47 Å². The minimum atomic E-state index is -1.01. The molecule has 0 aromatic rings. The number of carbonyl (C=O) groups is 2.